The molecule has 5 rings (SSSR count). The molecule has 5 nitrogen and oxygen atoms in total. The van der Waals surface area contributed by atoms with Crippen LogP contribution >= 0.6 is 22.9 Å². The monoisotopic (exact) mass is 383 g/mol. The fraction of sp³-hybridized carbons (Fsp3) is 0.0526. The van der Waals surface area contributed by atoms with Crippen LogP contribution in [0.25, 0.3) is 32.8 Å². The molecule has 0 radical (unpaired) electrons. The third-order valence-corrected chi connectivity index (χ3v) is 5.21. The van der Waals surface area contributed by atoms with E-state index in [4.69, 9.17) is 25.5 Å². The van der Waals surface area contributed by atoms with Gasteiger partial charge in [-0.3, -0.25) is 0 Å². The van der Waals surface area contributed by atoms with Crippen LogP contribution in [0.3, 0.4) is 0 Å². The number of nitrogens with zero attached hydrogens (tertiary/aromatic N) is 1. The van der Waals surface area contributed by atoms with E-state index in [1.54, 1.807) is 24.3 Å². The third kappa shape index (κ3) is 2.55. The van der Waals surface area contributed by atoms with E-state index in [1.165, 1.54) is 11.3 Å². The van der Waals surface area contributed by atoms with E-state index in [0.717, 1.165) is 22.4 Å². The van der Waals surface area contributed by atoms with Crippen molar-refractivity contribution in [3.8, 4) is 33.3 Å². The zero-order valence-electron chi connectivity index (χ0n) is 13.2. The molecule has 2 aromatic carbocycles. The summed E-state index contributed by atoms with van der Waals surface area (Å²) in [6.07, 6.45) is 0. The summed E-state index contributed by atoms with van der Waals surface area (Å²) in [7, 11) is 0. The maximum Gasteiger partial charge on any atom is 0.346 e. The molecule has 128 valence electrons. The Labute approximate surface area is 156 Å². The van der Waals surface area contributed by atoms with Crippen molar-refractivity contribution < 1.29 is 13.9 Å². The molecule has 0 saturated carbocycles. The molecule has 1 aliphatic heterocycles. The van der Waals surface area contributed by atoms with E-state index < -0.39 is 5.63 Å². The van der Waals surface area contributed by atoms with Crippen molar-refractivity contribution in [3.63, 3.8) is 0 Å². The average molecular weight is 384 g/mol. The van der Waals surface area contributed by atoms with Gasteiger partial charge in [0.05, 0.1) is 11.3 Å². The number of hydrogen-bond donors (Lipinski definition) is 0. The molecule has 0 fully saturated rings. The Morgan fingerprint density at radius 2 is 1.92 bits per heavy atom. The molecule has 4 aromatic rings. The molecule has 0 saturated heterocycles. The second kappa shape index (κ2) is 5.86. The Hall–Kier alpha value is -2.83. The smallest absolute Gasteiger partial charge is 0.346 e. The fourth-order valence-corrected chi connectivity index (χ4v) is 3.84. The topological polar surface area (TPSA) is 61.6 Å². The van der Waals surface area contributed by atoms with Gasteiger partial charge in [0.15, 0.2) is 11.5 Å². The lowest BCUT2D eigenvalue weighted by atomic mass is 10.1. The quantitative estimate of drug-likeness (QED) is 0.457. The predicted octanol–water partition coefficient (Wildman–Crippen LogP) is 4.97. The Bertz CT molecular complexity index is 1210. The highest BCUT2D eigenvalue weighted by atomic mass is 35.5. The van der Waals surface area contributed by atoms with Gasteiger partial charge >= 0.3 is 5.63 Å². The largest absolute Gasteiger partial charge is 0.454 e. The first-order chi connectivity index (χ1) is 12.7. The summed E-state index contributed by atoms with van der Waals surface area (Å²) < 4.78 is 16.1. The molecule has 7 heteroatoms. The van der Waals surface area contributed by atoms with Crippen molar-refractivity contribution in [1.82, 2.24) is 4.98 Å². The summed E-state index contributed by atoms with van der Waals surface area (Å²) in [5.41, 5.74) is 2.14. The number of thiazole rings is 1. The van der Waals surface area contributed by atoms with Crippen LogP contribution in [0.5, 0.6) is 11.5 Å². The van der Waals surface area contributed by atoms with Gasteiger partial charge in [-0.25, -0.2) is 9.78 Å². The first-order valence-electron chi connectivity index (χ1n) is 7.77. The van der Waals surface area contributed by atoms with Crippen molar-refractivity contribution in [2.75, 3.05) is 6.79 Å². The van der Waals surface area contributed by atoms with Gasteiger partial charge in [-0.1, -0.05) is 11.6 Å². The van der Waals surface area contributed by atoms with Crippen LogP contribution in [0.4, 0.5) is 0 Å². The summed E-state index contributed by atoms with van der Waals surface area (Å²) in [5, 5.41) is 3.83. The molecular formula is C19H10ClNO4S. The predicted molar refractivity (Wildman–Crippen MR) is 100 cm³/mol. The summed E-state index contributed by atoms with van der Waals surface area (Å²) >= 11 is 7.41. The number of halogens is 1. The first kappa shape index (κ1) is 15.4. The van der Waals surface area contributed by atoms with E-state index in [9.17, 15) is 4.79 Å². The zero-order chi connectivity index (χ0) is 17.7. The van der Waals surface area contributed by atoms with E-state index in [1.807, 2.05) is 23.6 Å². The molecule has 0 bridgehead atoms. The minimum Gasteiger partial charge on any atom is -0.454 e. The Morgan fingerprint density at radius 3 is 2.85 bits per heavy atom. The zero-order valence-corrected chi connectivity index (χ0v) is 14.8. The van der Waals surface area contributed by atoms with Gasteiger partial charge in [0.1, 0.15) is 10.6 Å². The van der Waals surface area contributed by atoms with Crippen molar-refractivity contribution in [3.05, 3.63) is 63.3 Å². The number of benzene rings is 2. The van der Waals surface area contributed by atoms with Crippen LogP contribution in [0.15, 0.2) is 57.1 Å². The minimum absolute atomic E-state index is 0.224. The lowest BCUT2D eigenvalue weighted by molar-refractivity contribution is 0.174. The van der Waals surface area contributed by atoms with Crippen LogP contribution < -0.4 is 15.1 Å². The van der Waals surface area contributed by atoms with Crippen LogP contribution in [0.2, 0.25) is 5.02 Å². The number of ether oxygens (including phenoxy) is 2. The van der Waals surface area contributed by atoms with Gasteiger partial charge in [-0.15, -0.1) is 11.3 Å². The molecule has 0 atom stereocenters. The van der Waals surface area contributed by atoms with E-state index in [2.05, 4.69) is 4.98 Å². The van der Waals surface area contributed by atoms with Crippen molar-refractivity contribution in [1.29, 1.82) is 0 Å². The average Bonchev–Trinajstić information content (AvgIpc) is 3.30. The second-order valence-corrected chi connectivity index (χ2v) is 7.03. The summed E-state index contributed by atoms with van der Waals surface area (Å²) in [6.45, 7) is 0.224. The fourth-order valence-electron chi connectivity index (χ4n) is 2.83. The third-order valence-electron chi connectivity index (χ3n) is 4.10. The molecule has 0 spiro atoms. The van der Waals surface area contributed by atoms with Gasteiger partial charge < -0.3 is 13.9 Å². The highest BCUT2D eigenvalue weighted by Gasteiger charge is 2.17. The van der Waals surface area contributed by atoms with Gasteiger partial charge in [-0.2, -0.15) is 0 Å². The molecule has 1 aliphatic rings. The maximum atomic E-state index is 12.3. The number of rotatable bonds is 2. The molecule has 26 heavy (non-hydrogen) atoms. The normalized spacial score (nSPS) is 12.7. The Morgan fingerprint density at radius 1 is 1.04 bits per heavy atom. The highest BCUT2D eigenvalue weighted by Crippen LogP contribution is 2.37. The van der Waals surface area contributed by atoms with Crippen molar-refractivity contribution in [2.24, 2.45) is 0 Å². The molecule has 3 heterocycles. The van der Waals surface area contributed by atoms with Crippen LogP contribution in [0.1, 0.15) is 0 Å². The number of hydrogen-bond acceptors (Lipinski definition) is 6. The summed E-state index contributed by atoms with van der Waals surface area (Å²) in [6, 6.07) is 12.5. The molecule has 0 aliphatic carbocycles. The van der Waals surface area contributed by atoms with Crippen molar-refractivity contribution in [2.45, 2.75) is 0 Å². The molecule has 2 aromatic heterocycles. The highest BCUT2D eigenvalue weighted by molar-refractivity contribution is 7.13. The van der Waals surface area contributed by atoms with E-state index in [0.29, 0.717) is 26.9 Å². The molecular weight excluding hydrogens is 374 g/mol. The molecule has 0 N–H and O–H groups in total. The number of fused-ring (bicyclic) bond motifs is 2. The molecule has 0 unspecified atom stereocenters. The summed E-state index contributed by atoms with van der Waals surface area (Å²) in [5.74, 6) is 1.41. The SMILES string of the molecule is O=c1oc2ccc(Cl)cc2cc1-c1nc(-c2ccc3c(c2)OCO3)cs1. The van der Waals surface area contributed by atoms with Crippen LogP contribution in [-0.4, -0.2) is 11.8 Å². The minimum atomic E-state index is -0.425. The van der Waals surface area contributed by atoms with Crippen molar-refractivity contribution >= 4 is 33.9 Å². The lowest BCUT2D eigenvalue weighted by Gasteiger charge is -2.01. The molecule has 0 amide bonds. The van der Waals surface area contributed by atoms with Gasteiger partial charge in [0.2, 0.25) is 6.79 Å². The Balaban J connectivity index is 1.59. The van der Waals surface area contributed by atoms with Gasteiger partial charge in [0, 0.05) is 21.4 Å². The number of aromatic nitrogens is 1. The standard InChI is InChI=1S/C19H10ClNO4S/c20-12-2-4-15-11(5-12)6-13(19(22)25-15)18-21-14(8-26-18)10-1-3-16-17(7-10)24-9-23-16/h1-8H,9H2. The maximum absolute atomic E-state index is 12.3. The van der Waals surface area contributed by atoms with Crippen LogP contribution in [0, 0.1) is 0 Å². The lowest BCUT2D eigenvalue weighted by Crippen LogP contribution is -2.02. The van der Waals surface area contributed by atoms with Crippen LogP contribution in [-0.2, 0) is 0 Å². The van der Waals surface area contributed by atoms with Gasteiger partial charge in [0.25, 0.3) is 0 Å². The Kier molecular flexibility index (Phi) is 3.48. The second-order valence-electron chi connectivity index (χ2n) is 5.74. The first-order valence-corrected chi connectivity index (χ1v) is 9.02. The summed E-state index contributed by atoms with van der Waals surface area (Å²) in [4.78, 5) is 16.9. The van der Waals surface area contributed by atoms with Gasteiger partial charge in [-0.05, 0) is 42.5 Å². The van der Waals surface area contributed by atoms with E-state index in [-0.39, 0.29) is 6.79 Å². The van der Waals surface area contributed by atoms with E-state index >= 15 is 0 Å².